The molecule has 0 rings (SSSR count). The van der Waals surface area contributed by atoms with Gasteiger partial charge in [-0.1, -0.05) is 251 Å². The zero-order valence-corrected chi connectivity index (χ0v) is 41.2. The molecule has 6 nitrogen and oxygen atoms in total. The van der Waals surface area contributed by atoms with Gasteiger partial charge in [-0.25, -0.2) is 0 Å². The van der Waals surface area contributed by atoms with Crippen LogP contribution < -0.4 is 0 Å². The molecule has 0 fully saturated rings. The van der Waals surface area contributed by atoms with E-state index in [1.807, 2.05) is 0 Å². The Bertz CT molecular complexity index is 947. The molecule has 0 heterocycles. The third kappa shape index (κ3) is 49.0. The van der Waals surface area contributed by atoms with Crippen LogP contribution in [0.1, 0.15) is 303 Å². The zero-order chi connectivity index (χ0) is 44.4. The first-order valence-electron chi connectivity index (χ1n) is 27.2. The van der Waals surface area contributed by atoms with Gasteiger partial charge in [0, 0.05) is 19.3 Å². The van der Waals surface area contributed by atoms with Crippen LogP contribution in [0.5, 0.6) is 0 Å². The number of allylic oxidation sites excluding steroid dienone is 2. The van der Waals surface area contributed by atoms with E-state index in [1.165, 1.54) is 199 Å². The van der Waals surface area contributed by atoms with Crippen molar-refractivity contribution in [3.63, 3.8) is 0 Å². The van der Waals surface area contributed by atoms with Gasteiger partial charge in [-0.2, -0.15) is 0 Å². The lowest BCUT2D eigenvalue weighted by Gasteiger charge is -2.18. The van der Waals surface area contributed by atoms with Crippen LogP contribution in [0.2, 0.25) is 0 Å². The molecule has 0 saturated carbocycles. The molecule has 0 amide bonds. The van der Waals surface area contributed by atoms with Gasteiger partial charge in [0.25, 0.3) is 0 Å². The van der Waals surface area contributed by atoms with Gasteiger partial charge in [-0.15, -0.1) is 0 Å². The van der Waals surface area contributed by atoms with Crippen LogP contribution in [0, 0.1) is 0 Å². The number of esters is 3. The minimum atomic E-state index is -0.767. The lowest BCUT2D eigenvalue weighted by Crippen LogP contribution is -2.30. The lowest BCUT2D eigenvalue weighted by atomic mass is 10.0. The first-order valence-corrected chi connectivity index (χ1v) is 27.2. The fourth-order valence-electron chi connectivity index (χ4n) is 8.14. The maximum Gasteiger partial charge on any atom is 0.306 e. The Kier molecular flexibility index (Phi) is 49.3. The van der Waals surface area contributed by atoms with E-state index in [0.29, 0.717) is 19.3 Å². The Morgan fingerprint density at radius 1 is 0.311 bits per heavy atom. The van der Waals surface area contributed by atoms with Crippen molar-refractivity contribution in [1.29, 1.82) is 0 Å². The maximum atomic E-state index is 12.8. The van der Waals surface area contributed by atoms with Gasteiger partial charge in [0.15, 0.2) is 6.10 Å². The third-order valence-electron chi connectivity index (χ3n) is 12.3. The Morgan fingerprint density at radius 3 is 0.820 bits per heavy atom. The molecule has 0 bridgehead atoms. The molecular formula is C55H104O6. The summed E-state index contributed by atoms with van der Waals surface area (Å²) >= 11 is 0. The summed E-state index contributed by atoms with van der Waals surface area (Å²) in [5.41, 5.74) is 0. The Morgan fingerprint density at radius 2 is 0.541 bits per heavy atom. The molecule has 0 saturated heterocycles. The van der Waals surface area contributed by atoms with Crippen molar-refractivity contribution < 1.29 is 28.6 Å². The molecule has 0 aliphatic rings. The highest BCUT2D eigenvalue weighted by atomic mass is 16.6. The van der Waals surface area contributed by atoms with Crippen LogP contribution >= 0.6 is 0 Å². The monoisotopic (exact) mass is 861 g/mol. The third-order valence-corrected chi connectivity index (χ3v) is 12.3. The fourth-order valence-corrected chi connectivity index (χ4v) is 8.14. The van der Waals surface area contributed by atoms with Crippen molar-refractivity contribution in [3.05, 3.63) is 12.2 Å². The number of rotatable bonds is 50. The van der Waals surface area contributed by atoms with Crippen molar-refractivity contribution in [2.75, 3.05) is 13.2 Å². The number of hydrogen-bond donors (Lipinski definition) is 0. The largest absolute Gasteiger partial charge is 0.462 e. The summed E-state index contributed by atoms with van der Waals surface area (Å²) < 4.78 is 16.8. The molecule has 0 aromatic heterocycles. The summed E-state index contributed by atoms with van der Waals surface area (Å²) in [5, 5.41) is 0. The normalized spacial score (nSPS) is 12.0. The summed E-state index contributed by atoms with van der Waals surface area (Å²) in [5.74, 6) is -0.864. The average Bonchev–Trinajstić information content (AvgIpc) is 3.26. The van der Waals surface area contributed by atoms with Gasteiger partial charge in [0.05, 0.1) is 0 Å². The Hall–Kier alpha value is -1.85. The number of carbonyl (C=O) groups excluding carboxylic acids is 3. The smallest absolute Gasteiger partial charge is 0.306 e. The predicted molar refractivity (Wildman–Crippen MR) is 261 cm³/mol. The van der Waals surface area contributed by atoms with Crippen LogP contribution in [-0.4, -0.2) is 37.2 Å². The highest BCUT2D eigenvalue weighted by molar-refractivity contribution is 5.71. The minimum Gasteiger partial charge on any atom is -0.462 e. The standard InChI is InChI=1S/C55H104O6/c1-4-7-10-13-16-19-21-23-25-26-27-28-29-30-31-33-34-36-39-42-45-48-54(57)60-51-52(50-59-53(56)47-44-41-38-18-15-12-9-6-3)61-55(58)49-46-43-40-37-35-32-24-22-20-17-14-11-8-5-2/h22,24,52H,4-21,23,25-51H2,1-3H3/b24-22-. The first-order chi connectivity index (χ1) is 30.0. The molecule has 0 aliphatic carbocycles. The Labute approximate surface area is 380 Å². The summed E-state index contributed by atoms with van der Waals surface area (Å²) in [4.78, 5) is 37.9. The van der Waals surface area contributed by atoms with Gasteiger partial charge in [0.2, 0.25) is 0 Å². The summed E-state index contributed by atoms with van der Waals surface area (Å²) in [6, 6.07) is 0. The van der Waals surface area contributed by atoms with Gasteiger partial charge in [-0.3, -0.25) is 14.4 Å². The van der Waals surface area contributed by atoms with Crippen LogP contribution in [0.4, 0.5) is 0 Å². The van der Waals surface area contributed by atoms with Crippen LogP contribution in [0.25, 0.3) is 0 Å². The second kappa shape index (κ2) is 50.8. The van der Waals surface area contributed by atoms with E-state index in [2.05, 4.69) is 32.9 Å². The van der Waals surface area contributed by atoms with Gasteiger partial charge in [0.1, 0.15) is 13.2 Å². The van der Waals surface area contributed by atoms with E-state index in [-0.39, 0.29) is 31.1 Å². The van der Waals surface area contributed by atoms with Crippen molar-refractivity contribution in [2.24, 2.45) is 0 Å². The molecule has 0 N–H and O–H groups in total. The molecule has 0 aromatic rings. The molecule has 360 valence electrons. The summed E-state index contributed by atoms with van der Waals surface area (Å²) in [7, 11) is 0. The molecule has 0 spiro atoms. The molecule has 0 radical (unpaired) electrons. The van der Waals surface area contributed by atoms with Gasteiger partial charge < -0.3 is 14.2 Å². The second-order valence-corrected chi connectivity index (χ2v) is 18.5. The number of unbranched alkanes of at least 4 members (excludes halogenated alkanes) is 37. The van der Waals surface area contributed by atoms with E-state index in [9.17, 15) is 14.4 Å². The van der Waals surface area contributed by atoms with E-state index >= 15 is 0 Å². The topological polar surface area (TPSA) is 78.9 Å². The SMILES string of the molecule is CCCCCCC/C=C\CCCCCCCC(=O)OC(COC(=O)CCCCCCCCCC)COC(=O)CCCCCCCCCCCCCCCCCCCCCCC. The lowest BCUT2D eigenvalue weighted by molar-refractivity contribution is -0.167. The predicted octanol–water partition coefficient (Wildman–Crippen LogP) is 17.8. The molecule has 0 aliphatic heterocycles. The molecule has 1 atom stereocenters. The van der Waals surface area contributed by atoms with Gasteiger partial charge >= 0.3 is 17.9 Å². The molecular weight excluding hydrogens is 757 g/mol. The fraction of sp³-hybridized carbons (Fsp3) is 0.909. The van der Waals surface area contributed by atoms with Crippen LogP contribution in [0.15, 0.2) is 12.2 Å². The molecule has 1 unspecified atom stereocenters. The second-order valence-electron chi connectivity index (χ2n) is 18.5. The first kappa shape index (κ1) is 59.1. The quantitative estimate of drug-likeness (QED) is 0.0262. The highest BCUT2D eigenvalue weighted by Gasteiger charge is 2.19. The number of carbonyl (C=O) groups is 3. The van der Waals surface area contributed by atoms with E-state index < -0.39 is 6.10 Å². The Balaban J connectivity index is 4.17. The van der Waals surface area contributed by atoms with Crippen LogP contribution in [-0.2, 0) is 28.6 Å². The maximum absolute atomic E-state index is 12.8. The molecule has 0 aromatic carbocycles. The molecule has 6 heteroatoms. The van der Waals surface area contributed by atoms with Crippen LogP contribution in [0.3, 0.4) is 0 Å². The zero-order valence-electron chi connectivity index (χ0n) is 41.2. The van der Waals surface area contributed by atoms with E-state index in [0.717, 1.165) is 64.2 Å². The summed E-state index contributed by atoms with van der Waals surface area (Å²) in [6.07, 6.45) is 56.4. The van der Waals surface area contributed by atoms with Gasteiger partial charge in [-0.05, 0) is 44.9 Å². The van der Waals surface area contributed by atoms with Crippen molar-refractivity contribution in [2.45, 2.75) is 309 Å². The highest BCUT2D eigenvalue weighted by Crippen LogP contribution is 2.17. The molecule has 61 heavy (non-hydrogen) atoms. The number of ether oxygens (including phenoxy) is 3. The van der Waals surface area contributed by atoms with E-state index in [1.54, 1.807) is 0 Å². The van der Waals surface area contributed by atoms with E-state index in [4.69, 9.17) is 14.2 Å². The summed E-state index contributed by atoms with van der Waals surface area (Å²) in [6.45, 7) is 6.63. The minimum absolute atomic E-state index is 0.0683. The van der Waals surface area contributed by atoms with Crippen molar-refractivity contribution in [1.82, 2.24) is 0 Å². The van der Waals surface area contributed by atoms with Crippen molar-refractivity contribution >= 4 is 17.9 Å². The average molecular weight is 861 g/mol. The van der Waals surface area contributed by atoms with Crippen molar-refractivity contribution in [3.8, 4) is 0 Å². The number of hydrogen-bond acceptors (Lipinski definition) is 6.